The van der Waals surface area contributed by atoms with Crippen molar-refractivity contribution < 1.29 is 18.8 Å². The molecular weight excluding hydrogens is 382 g/mol. The summed E-state index contributed by atoms with van der Waals surface area (Å²) in [6.07, 6.45) is 0.289. The predicted octanol–water partition coefficient (Wildman–Crippen LogP) is 3.93. The number of nitrogens with zero attached hydrogens (tertiary/aromatic N) is 3. The highest BCUT2D eigenvalue weighted by molar-refractivity contribution is 6.30. The van der Waals surface area contributed by atoms with Crippen LogP contribution in [0.15, 0.2) is 47.0 Å². The number of carbonyl (C=O) groups is 1. The van der Waals surface area contributed by atoms with E-state index in [4.69, 9.17) is 25.6 Å². The minimum atomic E-state index is -0.187. The first-order valence-corrected chi connectivity index (χ1v) is 9.08. The lowest BCUT2D eigenvalue weighted by molar-refractivity contribution is -0.117. The van der Waals surface area contributed by atoms with Crippen molar-refractivity contribution in [2.45, 2.75) is 12.3 Å². The average molecular weight is 400 g/mol. The number of amides is 1. The zero-order valence-electron chi connectivity index (χ0n) is 15.4. The molecule has 0 radical (unpaired) electrons. The first kappa shape index (κ1) is 18.3. The Morgan fingerprint density at radius 3 is 2.64 bits per heavy atom. The number of hydrogen-bond acceptors (Lipinski definition) is 6. The van der Waals surface area contributed by atoms with Crippen LogP contribution >= 0.6 is 11.6 Å². The maximum absolute atomic E-state index is 12.6. The molecule has 144 valence electrons. The Labute approximate surface area is 166 Å². The summed E-state index contributed by atoms with van der Waals surface area (Å²) in [6.45, 7) is 0.434. The molecule has 0 spiro atoms. The number of rotatable bonds is 5. The third-order valence-electron chi connectivity index (χ3n) is 4.70. The molecule has 2 aromatic carbocycles. The minimum Gasteiger partial charge on any atom is -0.497 e. The topological polar surface area (TPSA) is 77.7 Å². The molecule has 1 unspecified atom stereocenters. The highest BCUT2D eigenvalue weighted by Crippen LogP contribution is 2.38. The van der Waals surface area contributed by atoms with Gasteiger partial charge in [-0.3, -0.25) is 4.79 Å². The van der Waals surface area contributed by atoms with E-state index in [1.807, 2.05) is 18.2 Å². The summed E-state index contributed by atoms with van der Waals surface area (Å²) in [7, 11) is 3.14. The van der Waals surface area contributed by atoms with Crippen LogP contribution in [0.5, 0.6) is 11.5 Å². The standard InChI is InChI=1S/C20H18ClN3O4/c1-26-15-7-8-16(17(10-15)27-2)24-11-13(9-18(24)25)20-22-19(23-28-20)12-3-5-14(21)6-4-12/h3-8,10,13H,9,11H2,1-2H3. The van der Waals surface area contributed by atoms with Crippen molar-refractivity contribution in [3.63, 3.8) is 0 Å². The van der Waals surface area contributed by atoms with Crippen LogP contribution < -0.4 is 14.4 Å². The lowest BCUT2D eigenvalue weighted by Gasteiger charge is -2.19. The van der Waals surface area contributed by atoms with Gasteiger partial charge in [0.05, 0.1) is 25.8 Å². The Balaban J connectivity index is 1.56. The molecule has 1 aliphatic heterocycles. The fourth-order valence-corrected chi connectivity index (χ4v) is 3.36. The van der Waals surface area contributed by atoms with Gasteiger partial charge in [0.2, 0.25) is 17.6 Å². The molecule has 1 saturated heterocycles. The molecule has 0 aliphatic carbocycles. The largest absolute Gasteiger partial charge is 0.497 e. The number of halogens is 1. The van der Waals surface area contributed by atoms with Gasteiger partial charge in [0.15, 0.2) is 0 Å². The number of ether oxygens (including phenoxy) is 2. The number of aromatic nitrogens is 2. The van der Waals surface area contributed by atoms with Crippen molar-refractivity contribution in [2.75, 3.05) is 25.7 Å². The molecule has 1 aliphatic rings. The fourth-order valence-electron chi connectivity index (χ4n) is 3.23. The number of anilines is 1. The summed E-state index contributed by atoms with van der Waals surface area (Å²) in [4.78, 5) is 18.8. The van der Waals surface area contributed by atoms with Crippen LogP contribution in [0.1, 0.15) is 18.2 Å². The molecule has 0 bridgehead atoms. The van der Waals surface area contributed by atoms with E-state index in [1.54, 1.807) is 43.4 Å². The van der Waals surface area contributed by atoms with Crippen LogP contribution in [0, 0.1) is 0 Å². The summed E-state index contributed by atoms with van der Waals surface area (Å²) in [5, 5.41) is 4.68. The molecule has 0 N–H and O–H groups in total. The van der Waals surface area contributed by atoms with Gasteiger partial charge in [0.25, 0.3) is 0 Å². The monoisotopic (exact) mass is 399 g/mol. The molecular formula is C20H18ClN3O4. The Bertz CT molecular complexity index is 1000. The highest BCUT2D eigenvalue weighted by Gasteiger charge is 2.36. The second-order valence-electron chi connectivity index (χ2n) is 6.41. The van der Waals surface area contributed by atoms with Gasteiger partial charge in [-0.05, 0) is 36.4 Å². The van der Waals surface area contributed by atoms with Gasteiger partial charge < -0.3 is 18.9 Å². The predicted molar refractivity (Wildman–Crippen MR) is 104 cm³/mol. The number of carbonyl (C=O) groups excluding carboxylic acids is 1. The van der Waals surface area contributed by atoms with Crippen molar-refractivity contribution in [2.24, 2.45) is 0 Å². The van der Waals surface area contributed by atoms with Crippen molar-refractivity contribution in [1.29, 1.82) is 0 Å². The number of hydrogen-bond donors (Lipinski definition) is 0. The van der Waals surface area contributed by atoms with Crippen LogP contribution in [-0.4, -0.2) is 36.8 Å². The highest BCUT2D eigenvalue weighted by atomic mass is 35.5. The lowest BCUT2D eigenvalue weighted by atomic mass is 10.1. The molecule has 8 heteroatoms. The second-order valence-corrected chi connectivity index (χ2v) is 6.84. The third kappa shape index (κ3) is 3.41. The summed E-state index contributed by atoms with van der Waals surface area (Å²) in [5.41, 5.74) is 1.49. The third-order valence-corrected chi connectivity index (χ3v) is 4.95. The van der Waals surface area contributed by atoms with Gasteiger partial charge in [-0.2, -0.15) is 4.98 Å². The van der Waals surface area contributed by atoms with E-state index in [9.17, 15) is 4.79 Å². The average Bonchev–Trinajstić information content (AvgIpc) is 3.35. The quantitative estimate of drug-likeness (QED) is 0.647. The summed E-state index contributed by atoms with van der Waals surface area (Å²) in [5.74, 6) is 1.93. The second kappa shape index (κ2) is 7.52. The Morgan fingerprint density at radius 1 is 1.14 bits per heavy atom. The van der Waals surface area contributed by atoms with Crippen LogP contribution in [0.2, 0.25) is 5.02 Å². The van der Waals surface area contributed by atoms with Crippen LogP contribution in [-0.2, 0) is 4.79 Å². The van der Waals surface area contributed by atoms with Gasteiger partial charge in [-0.1, -0.05) is 16.8 Å². The Morgan fingerprint density at radius 2 is 1.93 bits per heavy atom. The maximum Gasteiger partial charge on any atom is 0.232 e. The minimum absolute atomic E-state index is 0.0280. The molecule has 1 amide bonds. The molecule has 0 saturated carbocycles. The molecule has 1 atom stereocenters. The van der Waals surface area contributed by atoms with Crippen molar-refractivity contribution in [1.82, 2.24) is 10.1 Å². The van der Waals surface area contributed by atoms with Gasteiger partial charge in [0, 0.05) is 29.6 Å². The summed E-state index contributed by atoms with van der Waals surface area (Å²) < 4.78 is 16.1. The van der Waals surface area contributed by atoms with E-state index in [0.717, 1.165) is 5.56 Å². The van der Waals surface area contributed by atoms with E-state index in [-0.39, 0.29) is 18.2 Å². The molecule has 4 rings (SSSR count). The summed E-state index contributed by atoms with van der Waals surface area (Å²) >= 11 is 5.92. The first-order valence-electron chi connectivity index (χ1n) is 8.71. The van der Waals surface area contributed by atoms with Crippen molar-refractivity contribution >= 4 is 23.2 Å². The number of benzene rings is 2. The van der Waals surface area contributed by atoms with Crippen LogP contribution in [0.25, 0.3) is 11.4 Å². The van der Waals surface area contributed by atoms with Gasteiger partial charge in [0.1, 0.15) is 11.5 Å². The maximum atomic E-state index is 12.6. The van der Waals surface area contributed by atoms with E-state index in [0.29, 0.717) is 40.5 Å². The van der Waals surface area contributed by atoms with Gasteiger partial charge in [-0.15, -0.1) is 0 Å². The molecule has 1 fully saturated rings. The van der Waals surface area contributed by atoms with Crippen LogP contribution in [0.4, 0.5) is 5.69 Å². The zero-order valence-corrected chi connectivity index (χ0v) is 16.1. The number of methoxy groups -OCH3 is 2. The molecule has 28 heavy (non-hydrogen) atoms. The van der Waals surface area contributed by atoms with Gasteiger partial charge in [-0.25, -0.2) is 0 Å². The van der Waals surface area contributed by atoms with Crippen molar-refractivity contribution in [3.8, 4) is 22.9 Å². The van der Waals surface area contributed by atoms with E-state index >= 15 is 0 Å². The van der Waals surface area contributed by atoms with Crippen molar-refractivity contribution in [3.05, 3.63) is 53.4 Å². The lowest BCUT2D eigenvalue weighted by Crippen LogP contribution is -2.24. The Kier molecular flexibility index (Phi) is 4.92. The Hall–Kier alpha value is -3.06. The van der Waals surface area contributed by atoms with E-state index < -0.39 is 0 Å². The van der Waals surface area contributed by atoms with E-state index in [1.165, 1.54) is 0 Å². The molecule has 7 nitrogen and oxygen atoms in total. The zero-order chi connectivity index (χ0) is 19.7. The van der Waals surface area contributed by atoms with Gasteiger partial charge >= 0.3 is 0 Å². The molecule has 2 heterocycles. The first-order chi connectivity index (χ1) is 13.6. The molecule has 1 aromatic heterocycles. The SMILES string of the molecule is COc1ccc(N2CC(c3nc(-c4ccc(Cl)cc4)no3)CC2=O)c(OC)c1. The normalized spacial score (nSPS) is 16.5. The molecule has 3 aromatic rings. The van der Waals surface area contributed by atoms with E-state index in [2.05, 4.69) is 10.1 Å². The summed E-state index contributed by atoms with van der Waals surface area (Å²) in [6, 6.07) is 12.5. The van der Waals surface area contributed by atoms with Crippen LogP contribution in [0.3, 0.4) is 0 Å². The smallest absolute Gasteiger partial charge is 0.232 e. The fraction of sp³-hybridized carbons (Fsp3) is 0.250.